The van der Waals surface area contributed by atoms with Crippen LogP contribution in [0.5, 0.6) is 0 Å². The summed E-state index contributed by atoms with van der Waals surface area (Å²) in [5.41, 5.74) is 0.882. The number of nitrogens with zero attached hydrogens (tertiary/aromatic N) is 2. The van der Waals surface area contributed by atoms with Crippen LogP contribution in [0.15, 0.2) is 18.3 Å². The Morgan fingerprint density at radius 1 is 1.36 bits per heavy atom. The average molecular weight is 192 g/mol. The number of pyridine rings is 1. The maximum Gasteiger partial charge on any atom is 0.128 e. The van der Waals surface area contributed by atoms with Crippen LogP contribution < -0.4 is 4.90 Å². The predicted molar refractivity (Wildman–Crippen MR) is 56.3 cm³/mol. The first-order chi connectivity index (χ1) is 6.77. The summed E-state index contributed by atoms with van der Waals surface area (Å²) < 4.78 is 0. The molecule has 3 nitrogen and oxygen atoms in total. The standard InChI is InChI=1S/C11H16N2O/c1-9(14)10-4-5-11(12-8-10)13-6-2-3-7-13/h4-5,8-9,14H,2-3,6-7H2,1H3. The molecular formula is C11H16N2O. The van der Waals surface area contributed by atoms with Crippen molar-refractivity contribution in [3.05, 3.63) is 23.9 Å². The second-order valence-electron chi connectivity index (χ2n) is 3.82. The third-order valence-corrected chi connectivity index (χ3v) is 2.68. The summed E-state index contributed by atoms with van der Waals surface area (Å²) in [7, 11) is 0. The van der Waals surface area contributed by atoms with Gasteiger partial charge in [0, 0.05) is 19.3 Å². The first kappa shape index (κ1) is 9.46. The first-order valence-corrected chi connectivity index (χ1v) is 5.16. The van der Waals surface area contributed by atoms with Crippen molar-refractivity contribution in [1.29, 1.82) is 0 Å². The highest BCUT2D eigenvalue weighted by Crippen LogP contribution is 2.19. The van der Waals surface area contributed by atoms with Crippen LogP contribution in [-0.2, 0) is 0 Å². The minimum absolute atomic E-state index is 0.421. The maximum atomic E-state index is 9.33. The minimum atomic E-state index is -0.421. The molecule has 2 heterocycles. The van der Waals surface area contributed by atoms with Crippen LogP contribution >= 0.6 is 0 Å². The van der Waals surface area contributed by atoms with Crippen LogP contribution in [0.3, 0.4) is 0 Å². The van der Waals surface area contributed by atoms with E-state index in [2.05, 4.69) is 9.88 Å². The molecule has 0 aromatic carbocycles. The number of aromatic nitrogens is 1. The number of hydrogen-bond donors (Lipinski definition) is 1. The van der Waals surface area contributed by atoms with Gasteiger partial charge in [0.25, 0.3) is 0 Å². The van der Waals surface area contributed by atoms with Crippen molar-refractivity contribution < 1.29 is 5.11 Å². The molecule has 2 rings (SSSR count). The molecule has 0 bridgehead atoms. The van der Waals surface area contributed by atoms with Crippen molar-refractivity contribution in [2.75, 3.05) is 18.0 Å². The fraction of sp³-hybridized carbons (Fsp3) is 0.545. The number of anilines is 1. The molecule has 1 aliphatic rings. The maximum absolute atomic E-state index is 9.33. The summed E-state index contributed by atoms with van der Waals surface area (Å²) in [4.78, 5) is 6.63. The second-order valence-corrected chi connectivity index (χ2v) is 3.82. The first-order valence-electron chi connectivity index (χ1n) is 5.16. The Morgan fingerprint density at radius 2 is 2.07 bits per heavy atom. The normalized spacial score (nSPS) is 18.6. The molecule has 14 heavy (non-hydrogen) atoms. The van der Waals surface area contributed by atoms with Crippen molar-refractivity contribution in [3.63, 3.8) is 0 Å². The molecule has 3 heteroatoms. The van der Waals surface area contributed by atoms with Crippen LogP contribution in [0.2, 0.25) is 0 Å². The van der Waals surface area contributed by atoms with Crippen LogP contribution in [0, 0.1) is 0 Å². The highest BCUT2D eigenvalue weighted by atomic mass is 16.3. The lowest BCUT2D eigenvalue weighted by atomic mass is 10.2. The Labute approximate surface area is 84.4 Å². The summed E-state index contributed by atoms with van der Waals surface area (Å²) in [6, 6.07) is 3.94. The van der Waals surface area contributed by atoms with Crippen LogP contribution in [-0.4, -0.2) is 23.2 Å². The minimum Gasteiger partial charge on any atom is -0.389 e. The number of hydrogen-bond acceptors (Lipinski definition) is 3. The van der Waals surface area contributed by atoms with E-state index in [1.54, 1.807) is 13.1 Å². The molecule has 1 aromatic heterocycles. The van der Waals surface area contributed by atoms with E-state index in [0.29, 0.717) is 0 Å². The molecule has 0 amide bonds. The Kier molecular flexibility index (Phi) is 2.68. The summed E-state index contributed by atoms with van der Waals surface area (Å²) >= 11 is 0. The van der Waals surface area contributed by atoms with E-state index in [-0.39, 0.29) is 0 Å². The van der Waals surface area contributed by atoms with E-state index in [1.165, 1.54) is 12.8 Å². The van der Waals surface area contributed by atoms with E-state index in [9.17, 15) is 5.11 Å². The Bertz CT molecular complexity index is 289. The summed E-state index contributed by atoms with van der Waals surface area (Å²) in [5.74, 6) is 1.03. The van der Waals surface area contributed by atoms with Crippen LogP contribution in [0.25, 0.3) is 0 Å². The van der Waals surface area contributed by atoms with Gasteiger partial charge in [-0.2, -0.15) is 0 Å². The molecule has 0 radical (unpaired) electrons. The predicted octanol–water partition coefficient (Wildman–Crippen LogP) is 1.74. The van der Waals surface area contributed by atoms with Crippen LogP contribution in [0.4, 0.5) is 5.82 Å². The van der Waals surface area contributed by atoms with E-state index < -0.39 is 6.10 Å². The van der Waals surface area contributed by atoms with Gasteiger partial charge >= 0.3 is 0 Å². The summed E-state index contributed by atoms with van der Waals surface area (Å²) in [6.45, 7) is 3.98. The fourth-order valence-electron chi connectivity index (χ4n) is 1.78. The number of aliphatic hydroxyl groups is 1. The third kappa shape index (κ3) is 1.87. The average Bonchev–Trinajstić information content (AvgIpc) is 2.71. The lowest BCUT2D eigenvalue weighted by Crippen LogP contribution is -2.18. The Balaban J connectivity index is 2.12. The van der Waals surface area contributed by atoms with E-state index >= 15 is 0 Å². The lowest BCUT2D eigenvalue weighted by Gasteiger charge is -2.16. The van der Waals surface area contributed by atoms with Crippen molar-refractivity contribution >= 4 is 5.82 Å². The Hall–Kier alpha value is -1.09. The SMILES string of the molecule is CC(O)c1ccc(N2CCCC2)nc1. The summed E-state index contributed by atoms with van der Waals surface area (Å²) in [6.07, 6.45) is 3.87. The highest BCUT2D eigenvalue weighted by Gasteiger charge is 2.13. The van der Waals surface area contributed by atoms with Gasteiger partial charge in [-0.1, -0.05) is 6.07 Å². The molecule has 0 saturated carbocycles. The molecule has 1 aliphatic heterocycles. The van der Waals surface area contributed by atoms with Crippen molar-refractivity contribution in [2.45, 2.75) is 25.9 Å². The molecule has 1 saturated heterocycles. The zero-order chi connectivity index (χ0) is 9.97. The molecule has 0 spiro atoms. The zero-order valence-electron chi connectivity index (χ0n) is 8.48. The molecule has 76 valence electrons. The van der Waals surface area contributed by atoms with E-state index in [0.717, 1.165) is 24.5 Å². The monoisotopic (exact) mass is 192 g/mol. The smallest absolute Gasteiger partial charge is 0.128 e. The number of rotatable bonds is 2. The quantitative estimate of drug-likeness (QED) is 0.775. The van der Waals surface area contributed by atoms with Crippen LogP contribution in [0.1, 0.15) is 31.4 Å². The molecule has 0 aliphatic carbocycles. The van der Waals surface area contributed by atoms with Crippen molar-refractivity contribution in [3.8, 4) is 0 Å². The van der Waals surface area contributed by atoms with Gasteiger partial charge in [-0.3, -0.25) is 0 Å². The highest BCUT2D eigenvalue weighted by molar-refractivity contribution is 5.40. The van der Waals surface area contributed by atoms with E-state index in [1.807, 2.05) is 12.1 Å². The third-order valence-electron chi connectivity index (χ3n) is 2.68. The summed E-state index contributed by atoms with van der Waals surface area (Å²) in [5, 5.41) is 9.33. The zero-order valence-corrected chi connectivity index (χ0v) is 8.48. The number of aliphatic hydroxyl groups excluding tert-OH is 1. The fourth-order valence-corrected chi connectivity index (χ4v) is 1.78. The molecule has 1 unspecified atom stereocenters. The van der Waals surface area contributed by atoms with Gasteiger partial charge in [0.05, 0.1) is 6.10 Å². The molecular weight excluding hydrogens is 176 g/mol. The van der Waals surface area contributed by atoms with Gasteiger partial charge < -0.3 is 10.0 Å². The van der Waals surface area contributed by atoms with Gasteiger partial charge in [-0.25, -0.2) is 4.98 Å². The van der Waals surface area contributed by atoms with Gasteiger partial charge in [0.1, 0.15) is 5.82 Å². The molecule has 1 aromatic rings. The van der Waals surface area contributed by atoms with Gasteiger partial charge in [-0.15, -0.1) is 0 Å². The van der Waals surface area contributed by atoms with Gasteiger partial charge in [0.15, 0.2) is 0 Å². The second kappa shape index (κ2) is 3.96. The van der Waals surface area contributed by atoms with Crippen molar-refractivity contribution in [2.24, 2.45) is 0 Å². The molecule has 1 N–H and O–H groups in total. The van der Waals surface area contributed by atoms with Gasteiger partial charge in [-0.05, 0) is 31.4 Å². The van der Waals surface area contributed by atoms with Gasteiger partial charge in [0.2, 0.25) is 0 Å². The lowest BCUT2D eigenvalue weighted by molar-refractivity contribution is 0.199. The topological polar surface area (TPSA) is 36.4 Å². The molecule has 1 fully saturated rings. The van der Waals surface area contributed by atoms with Crippen molar-refractivity contribution in [1.82, 2.24) is 4.98 Å². The van der Waals surface area contributed by atoms with E-state index in [4.69, 9.17) is 0 Å². The largest absolute Gasteiger partial charge is 0.389 e. The molecule has 1 atom stereocenters. The Morgan fingerprint density at radius 3 is 2.57 bits per heavy atom.